The molecule has 0 aliphatic rings. The molecule has 0 aliphatic heterocycles. The number of hydrogen-bond acceptors (Lipinski definition) is 0. The van der Waals surface area contributed by atoms with Gasteiger partial charge in [0.05, 0.1) is 6.57 Å². The zero-order valence-corrected chi connectivity index (χ0v) is 9.85. The summed E-state index contributed by atoms with van der Waals surface area (Å²) in [7, 11) is 0. The van der Waals surface area contributed by atoms with Crippen molar-refractivity contribution < 1.29 is 0 Å². The topological polar surface area (TPSA) is 4.36 Å². The summed E-state index contributed by atoms with van der Waals surface area (Å²) >= 11 is 5.92. The third-order valence-corrected chi connectivity index (χ3v) is 2.60. The van der Waals surface area contributed by atoms with E-state index < -0.39 is 0 Å². The van der Waals surface area contributed by atoms with Crippen molar-refractivity contribution in [2.24, 2.45) is 0 Å². The molecule has 0 amide bonds. The minimum Gasteiger partial charge on any atom is -0.238 e. The van der Waals surface area contributed by atoms with E-state index in [0.717, 1.165) is 11.1 Å². The summed E-state index contributed by atoms with van der Waals surface area (Å²) in [6, 6.07) is 15.2. The van der Waals surface area contributed by atoms with Crippen molar-refractivity contribution in [3.63, 3.8) is 0 Å². The van der Waals surface area contributed by atoms with Crippen LogP contribution in [0, 0.1) is 6.57 Å². The lowest BCUT2D eigenvalue weighted by atomic mass is 10.1. The first-order valence-electron chi connectivity index (χ1n) is 5.20. The van der Waals surface area contributed by atoms with E-state index >= 15 is 0 Å². The van der Waals surface area contributed by atoms with Crippen molar-refractivity contribution in [2.45, 2.75) is 0 Å². The van der Waals surface area contributed by atoms with E-state index in [2.05, 4.69) is 4.85 Å². The number of hydrogen-bond donors (Lipinski definition) is 0. The predicted octanol–water partition coefficient (Wildman–Crippen LogP) is 5.06. The number of benzene rings is 2. The maximum Gasteiger partial charge on any atom is 0.194 e. The molecule has 0 atom stereocenters. The number of halogens is 1. The number of nitrogens with zero attached hydrogens (tertiary/aromatic N) is 1. The van der Waals surface area contributed by atoms with Crippen molar-refractivity contribution in [3.8, 4) is 0 Å². The maximum absolute atomic E-state index is 7.09. The summed E-state index contributed by atoms with van der Waals surface area (Å²) in [6.45, 7) is 7.09. The summed E-state index contributed by atoms with van der Waals surface area (Å²) in [6.07, 6.45) is 3.88. The highest BCUT2D eigenvalue weighted by Crippen LogP contribution is 2.25. The molecular formula is C15H10ClN. The summed E-state index contributed by atoms with van der Waals surface area (Å²) in [5.74, 6) is 0. The van der Waals surface area contributed by atoms with Gasteiger partial charge in [-0.2, -0.15) is 0 Å². The van der Waals surface area contributed by atoms with Gasteiger partial charge in [-0.15, -0.1) is 0 Å². The van der Waals surface area contributed by atoms with E-state index in [4.69, 9.17) is 18.2 Å². The molecule has 1 nitrogen and oxygen atoms in total. The second kappa shape index (κ2) is 5.34. The van der Waals surface area contributed by atoms with Gasteiger partial charge in [0.2, 0.25) is 0 Å². The third-order valence-electron chi connectivity index (χ3n) is 2.36. The fourth-order valence-electron chi connectivity index (χ4n) is 1.51. The Morgan fingerprint density at radius 3 is 2.47 bits per heavy atom. The minimum absolute atomic E-state index is 0.613. The van der Waals surface area contributed by atoms with E-state index in [0.29, 0.717) is 10.7 Å². The van der Waals surface area contributed by atoms with Crippen LogP contribution in [0.1, 0.15) is 11.1 Å². The SMILES string of the molecule is [C-]#[N+]c1ccc(Cl)cc1/C=C/c1ccccc1. The van der Waals surface area contributed by atoms with E-state index in [1.807, 2.05) is 42.5 Å². The van der Waals surface area contributed by atoms with Gasteiger partial charge < -0.3 is 0 Å². The van der Waals surface area contributed by atoms with Crippen LogP contribution in [-0.4, -0.2) is 0 Å². The Kier molecular flexibility index (Phi) is 3.59. The molecule has 2 heteroatoms. The van der Waals surface area contributed by atoms with Crippen LogP contribution < -0.4 is 0 Å². The van der Waals surface area contributed by atoms with Gasteiger partial charge in [-0.05, 0) is 17.2 Å². The van der Waals surface area contributed by atoms with Crippen molar-refractivity contribution >= 4 is 29.4 Å². The van der Waals surface area contributed by atoms with Crippen molar-refractivity contribution in [1.29, 1.82) is 0 Å². The summed E-state index contributed by atoms with van der Waals surface area (Å²) in [4.78, 5) is 3.46. The van der Waals surface area contributed by atoms with Gasteiger partial charge in [0.15, 0.2) is 5.69 Å². The van der Waals surface area contributed by atoms with Crippen LogP contribution in [0.15, 0.2) is 48.5 Å². The normalized spacial score (nSPS) is 10.4. The highest BCUT2D eigenvalue weighted by atomic mass is 35.5. The van der Waals surface area contributed by atoms with Crippen molar-refractivity contribution in [1.82, 2.24) is 0 Å². The molecule has 0 heterocycles. The van der Waals surface area contributed by atoms with E-state index in [-0.39, 0.29) is 0 Å². The molecule has 0 spiro atoms. The highest BCUT2D eigenvalue weighted by molar-refractivity contribution is 6.30. The first-order valence-corrected chi connectivity index (χ1v) is 5.57. The van der Waals surface area contributed by atoms with Gasteiger partial charge in [0, 0.05) is 5.02 Å². The van der Waals surface area contributed by atoms with Gasteiger partial charge >= 0.3 is 0 Å². The summed E-state index contributed by atoms with van der Waals surface area (Å²) < 4.78 is 0. The largest absolute Gasteiger partial charge is 0.238 e. The molecule has 0 radical (unpaired) electrons. The molecule has 0 saturated carbocycles. The molecule has 0 bridgehead atoms. The van der Waals surface area contributed by atoms with Gasteiger partial charge in [-0.3, -0.25) is 0 Å². The Labute approximate surface area is 106 Å². The van der Waals surface area contributed by atoms with Crippen LogP contribution in [0.2, 0.25) is 5.02 Å². The molecule has 0 fully saturated rings. The Balaban J connectivity index is 2.33. The summed E-state index contributed by atoms with van der Waals surface area (Å²) in [5, 5.41) is 0.644. The zero-order chi connectivity index (χ0) is 12.1. The van der Waals surface area contributed by atoms with Crippen molar-refractivity contribution in [3.05, 3.63) is 76.1 Å². The maximum atomic E-state index is 7.09. The molecule has 2 aromatic carbocycles. The molecule has 0 aromatic heterocycles. The van der Waals surface area contributed by atoms with Crippen LogP contribution >= 0.6 is 11.6 Å². The predicted molar refractivity (Wildman–Crippen MR) is 73.1 cm³/mol. The average Bonchev–Trinajstić information content (AvgIpc) is 2.38. The van der Waals surface area contributed by atoms with Crippen LogP contribution in [0.5, 0.6) is 0 Å². The average molecular weight is 240 g/mol. The molecular weight excluding hydrogens is 230 g/mol. The smallest absolute Gasteiger partial charge is 0.194 e. The zero-order valence-electron chi connectivity index (χ0n) is 9.10. The van der Waals surface area contributed by atoms with Crippen LogP contribution in [0.4, 0.5) is 5.69 Å². The molecule has 17 heavy (non-hydrogen) atoms. The van der Waals surface area contributed by atoms with E-state index in [1.54, 1.807) is 18.2 Å². The lowest BCUT2D eigenvalue weighted by molar-refractivity contribution is 1.65. The van der Waals surface area contributed by atoms with E-state index in [1.165, 1.54) is 0 Å². The fourth-order valence-corrected chi connectivity index (χ4v) is 1.69. The second-order valence-corrected chi connectivity index (χ2v) is 4.00. The van der Waals surface area contributed by atoms with Gasteiger partial charge in [-0.25, -0.2) is 4.85 Å². The van der Waals surface area contributed by atoms with Gasteiger partial charge in [-0.1, -0.05) is 66.2 Å². The molecule has 0 saturated heterocycles. The van der Waals surface area contributed by atoms with Crippen LogP contribution in [-0.2, 0) is 0 Å². The lowest BCUT2D eigenvalue weighted by Gasteiger charge is -1.99. The van der Waals surface area contributed by atoms with Crippen LogP contribution in [0.25, 0.3) is 17.0 Å². The quantitative estimate of drug-likeness (QED) is 0.510. The van der Waals surface area contributed by atoms with Gasteiger partial charge in [0.25, 0.3) is 0 Å². The molecule has 2 rings (SSSR count). The first kappa shape index (κ1) is 11.4. The third kappa shape index (κ3) is 2.96. The Bertz CT molecular complexity index is 580. The minimum atomic E-state index is 0.613. The molecule has 82 valence electrons. The molecule has 2 aromatic rings. The monoisotopic (exact) mass is 239 g/mol. The Morgan fingerprint density at radius 1 is 1.00 bits per heavy atom. The standard InChI is InChI=1S/C15H10ClN/c1-17-15-10-9-14(16)11-13(15)8-7-12-5-3-2-4-6-12/h2-11H/b8-7+. The van der Waals surface area contributed by atoms with E-state index in [9.17, 15) is 0 Å². The number of rotatable bonds is 2. The van der Waals surface area contributed by atoms with Crippen molar-refractivity contribution in [2.75, 3.05) is 0 Å². The highest BCUT2D eigenvalue weighted by Gasteiger charge is 1.99. The first-order chi connectivity index (χ1) is 8.29. The second-order valence-electron chi connectivity index (χ2n) is 3.56. The molecule has 0 unspecified atom stereocenters. The Hall–Kier alpha value is -2.04. The molecule has 0 N–H and O–H groups in total. The Morgan fingerprint density at radius 2 is 1.76 bits per heavy atom. The fraction of sp³-hybridized carbons (Fsp3) is 0. The van der Waals surface area contributed by atoms with Gasteiger partial charge in [0.1, 0.15) is 0 Å². The molecule has 0 aliphatic carbocycles. The van der Waals surface area contributed by atoms with Crippen LogP contribution in [0.3, 0.4) is 0 Å². The lowest BCUT2D eigenvalue weighted by Crippen LogP contribution is -1.74. The summed E-state index contributed by atoms with van der Waals surface area (Å²) in [5.41, 5.74) is 2.56.